The van der Waals surface area contributed by atoms with Crippen molar-refractivity contribution in [3.63, 3.8) is 0 Å². The lowest BCUT2D eigenvalue weighted by atomic mass is 10.5. The van der Waals surface area contributed by atoms with E-state index in [-0.39, 0.29) is 6.17 Å². The molecule has 72 valence electrons. The van der Waals surface area contributed by atoms with Crippen LogP contribution in [0.3, 0.4) is 0 Å². The third-order valence-electron chi connectivity index (χ3n) is 1.39. The molecular formula is C8H14N4S. The molecular weight excluding hydrogens is 184 g/mol. The summed E-state index contributed by atoms with van der Waals surface area (Å²) in [5.41, 5.74) is 6.66. The smallest absolute Gasteiger partial charge is 0.211 e. The second kappa shape index (κ2) is 4.34. The fourth-order valence-electron chi connectivity index (χ4n) is 0.809. The minimum Gasteiger partial charge on any atom is -0.311 e. The van der Waals surface area contributed by atoms with Crippen molar-refractivity contribution >= 4 is 17.0 Å². The molecule has 1 aromatic heterocycles. The first-order valence-electron chi connectivity index (χ1n) is 4.07. The number of thiazole rings is 1. The number of rotatable bonds is 2. The van der Waals surface area contributed by atoms with E-state index in [1.807, 2.05) is 36.9 Å². The molecule has 0 radical (unpaired) electrons. The first-order valence-corrected chi connectivity index (χ1v) is 4.95. The highest BCUT2D eigenvalue weighted by Gasteiger charge is 1.98. The van der Waals surface area contributed by atoms with Gasteiger partial charge < -0.3 is 10.3 Å². The number of nitrogens with zero attached hydrogens (tertiary/aromatic N) is 3. The Morgan fingerprint density at radius 2 is 2.31 bits per heavy atom. The quantitative estimate of drug-likeness (QED) is 0.565. The van der Waals surface area contributed by atoms with E-state index in [0.717, 1.165) is 10.5 Å². The first-order chi connectivity index (χ1) is 6.11. The van der Waals surface area contributed by atoms with Gasteiger partial charge in [0.25, 0.3) is 0 Å². The normalized spacial score (nSPS) is 14.3. The minimum absolute atomic E-state index is 0.0580. The van der Waals surface area contributed by atoms with Crippen LogP contribution in [0.5, 0.6) is 0 Å². The van der Waals surface area contributed by atoms with Crippen molar-refractivity contribution in [3.8, 4) is 0 Å². The van der Waals surface area contributed by atoms with Gasteiger partial charge in [-0.2, -0.15) is 5.10 Å². The van der Waals surface area contributed by atoms with Crippen LogP contribution >= 0.6 is 11.3 Å². The van der Waals surface area contributed by atoms with Crippen molar-refractivity contribution in [1.82, 2.24) is 4.57 Å². The second-order valence-corrected chi connectivity index (χ2v) is 3.85. The van der Waals surface area contributed by atoms with E-state index >= 15 is 0 Å². The van der Waals surface area contributed by atoms with Crippen LogP contribution in [0.2, 0.25) is 0 Å². The van der Waals surface area contributed by atoms with Gasteiger partial charge in [-0.15, -0.1) is 16.4 Å². The molecule has 13 heavy (non-hydrogen) atoms. The van der Waals surface area contributed by atoms with Crippen LogP contribution in [0, 0.1) is 0 Å². The van der Waals surface area contributed by atoms with E-state index in [1.165, 1.54) is 11.3 Å². The van der Waals surface area contributed by atoms with Gasteiger partial charge >= 0.3 is 0 Å². The Morgan fingerprint density at radius 1 is 1.62 bits per heavy atom. The lowest BCUT2D eigenvalue weighted by molar-refractivity contribution is 0.555. The molecule has 2 N–H and O–H groups in total. The zero-order chi connectivity index (χ0) is 9.84. The van der Waals surface area contributed by atoms with E-state index in [2.05, 4.69) is 10.2 Å². The molecule has 0 aromatic carbocycles. The van der Waals surface area contributed by atoms with E-state index in [9.17, 15) is 0 Å². The summed E-state index contributed by atoms with van der Waals surface area (Å²) in [6.07, 6.45) is 1.85. The standard InChI is InChI=1S/C8H14N4S/c1-6(2)10-11-8-12(7(3)9)4-5-13-8/h4-5,7H,9H2,1-3H3/b11-8-. The van der Waals surface area contributed by atoms with Crippen molar-refractivity contribution in [2.24, 2.45) is 15.9 Å². The topological polar surface area (TPSA) is 55.7 Å². The number of nitrogens with two attached hydrogens (primary N) is 1. The molecule has 4 nitrogen and oxygen atoms in total. The zero-order valence-corrected chi connectivity index (χ0v) is 8.88. The molecule has 0 fully saturated rings. The first kappa shape index (κ1) is 10.1. The van der Waals surface area contributed by atoms with E-state index in [4.69, 9.17) is 5.73 Å². The van der Waals surface area contributed by atoms with Crippen LogP contribution in [0.25, 0.3) is 0 Å². The SMILES string of the molecule is CC(C)=N/N=c1\sccn1C(C)N. The Balaban J connectivity index is 3.07. The molecule has 0 aliphatic rings. The lowest BCUT2D eigenvalue weighted by Crippen LogP contribution is -2.23. The van der Waals surface area contributed by atoms with Crippen LogP contribution in [0.4, 0.5) is 0 Å². The molecule has 1 rings (SSSR count). The van der Waals surface area contributed by atoms with Crippen LogP contribution in [-0.2, 0) is 0 Å². The fourth-order valence-corrected chi connectivity index (χ4v) is 1.56. The summed E-state index contributed by atoms with van der Waals surface area (Å²) in [5, 5.41) is 10.0. The molecule has 1 heterocycles. The van der Waals surface area contributed by atoms with Crippen LogP contribution < -0.4 is 10.5 Å². The molecule has 0 saturated heterocycles. The Kier molecular flexibility index (Phi) is 3.39. The monoisotopic (exact) mass is 198 g/mol. The number of hydrogen-bond acceptors (Lipinski definition) is 4. The predicted molar refractivity (Wildman–Crippen MR) is 55.6 cm³/mol. The molecule has 0 amide bonds. The molecule has 1 unspecified atom stereocenters. The predicted octanol–water partition coefficient (Wildman–Crippen LogP) is 1.32. The molecule has 0 aliphatic carbocycles. The maximum absolute atomic E-state index is 5.73. The Labute approximate surface area is 81.4 Å². The second-order valence-electron chi connectivity index (χ2n) is 2.98. The summed E-state index contributed by atoms with van der Waals surface area (Å²) in [7, 11) is 0. The largest absolute Gasteiger partial charge is 0.311 e. The summed E-state index contributed by atoms with van der Waals surface area (Å²) in [5.74, 6) is 0. The minimum atomic E-state index is -0.0580. The Bertz CT molecular complexity index is 354. The van der Waals surface area contributed by atoms with Gasteiger partial charge in [0, 0.05) is 17.3 Å². The highest BCUT2D eigenvalue weighted by molar-refractivity contribution is 7.07. The van der Waals surface area contributed by atoms with Gasteiger partial charge in [-0.05, 0) is 20.8 Å². The van der Waals surface area contributed by atoms with Gasteiger partial charge in [0.05, 0.1) is 6.17 Å². The summed E-state index contributed by atoms with van der Waals surface area (Å²) >= 11 is 1.53. The van der Waals surface area contributed by atoms with Gasteiger partial charge in [-0.25, -0.2) is 0 Å². The van der Waals surface area contributed by atoms with Crippen LogP contribution in [0.15, 0.2) is 21.8 Å². The van der Waals surface area contributed by atoms with Crippen molar-refractivity contribution in [1.29, 1.82) is 0 Å². The van der Waals surface area contributed by atoms with Crippen molar-refractivity contribution < 1.29 is 0 Å². The van der Waals surface area contributed by atoms with E-state index in [1.54, 1.807) is 0 Å². The van der Waals surface area contributed by atoms with E-state index in [0.29, 0.717) is 0 Å². The van der Waals surface area contributed by atoms with Crippen LogP contribution in [-0.4, -0.2) is 10.3 Å². The summed E-state index contributed by atoms with van der Waals surface area (Å²) in [4.78, 5) is 0.830. The van der Waals surface area contributed by atoms with Crippen LogP contribution in [0.1, 0.15) is 26.9 Å². The Hall–Kier alpha value is -0.940. The van der Waals surface area contributed by atoms with Crippen molar-refractivity contribution in [2.75, 3.05) is 0 Å². The average Bonchev–Trinajstić information content (AvgIpc) is 2.47. The Morgan fingerprint density at radius 3 is 2.85 bits per heavy atom. The van der Waals surface area contributed by atoms with Gasteiger partial charge in [0.2, 0.25) is 4.80 Å². The lowest BCUT2D eigenvalue weighted by Gasteiger charge is -2.04. The third kappa shape index (κ3) is 2.78. The highest BCUT2D eigenvalue weighted by atomic mass is 32.1. The van der Waals surface area contributed by atoms with E-state index < -0.39 is 0 Å². The summed E-state index contributed by atoms with van der Waals surface area (Å²) in [6, 6.07) is 0. The number of aromatic nitrogens is 1. The maximum atomic E-state index is 5.73. The fraction of sp³-hybridized carbons (Fsp3) is 0.500. The van der Waals surface area contributed by atoms with Gasteiger partial charge in [-0.1, -0.05) is 0 Å². The van der Waals surface area contributed by atoms with Gasteiger partial charge in [0.1, 0.15) is 0 Å². The molecule has 1 aromatic rings. The molecule has 0 bridgehead atoms. The average molecular weight is 198 g/mol. The molecule has 1 atom stereocenters. The molecule has 0 spiro atoms. The zero-order valence-electron chi connectivity index (χ0n) is 8.06. The van der Waals surface area contributed by atoms with Gasteiger partial charge in [-0.3, -0.25) is 0 Å². The van der Waals surface area contributed by atoms with Gasteiger partial charge in [0.15, 0.2) is 0 Å². The third-order valence-corrected chi connectivity index (χ3v) is 2.15. The molecule has 0 saturated carbocycles. The summed E-state index contributed by atoms with van der Waals surface area (Å²) < 4.78 is 1.89. The van der Waals surface area contributed by atoms with Crippen molar-refractivity contribution in [3.05, 3.63) is 16.4 Å². The maximum Gasteiger partial charge on any atom is 0.211 e. The summed E-state index contributed by atoms with van der Waals surface area (Å²) in [6.45, 7) is 5.73. The highest BCUT2D eigenvalue weighted by Crippen LogP contribution is 1.96. The number of hydrogen-bond donors (Lipinski definition) is 1. The molecule has 5 heteroatoms. The molecule has 0 aliphatic heterocycles. The van der Waals surface area contributed by atoms with Crippen molar-refractivity contribution in [2.45, 2.75) is 26.9 Å².